The number of primary sulfonamides is 1. The lowest BCUT2D eigenvalue weighted by Gasteiger charge is -2.03. The van der Waals surface area contributed by atoms with Crippen LogP contribution >= 0.6 is 11.6 Å². The van der Waals surface area contributed by atoms with Gasteiger partial charge in [-0.1, -0.05) is 11.6 Å². The van der Waals surface area contributed by atoms with E-state index in [0.29, 0.717) is 5.56 Å². The Morgan fingerprint density at radius 1 is 1.56 bits per heavy atom. The van der Waals surface area contributed by atoms with Crippen molar-refractivity contribution in [1.29, 1.82) is 0 Å². The van der Waals surface area contributed by atoms with Gasteiger partial charge in [-0.2, -0.15) is 0 Å². The van der Waals surface area contributed by atoms with E-state index in [4.69, 9.17) is 16.7 Å². The number of halogens is 1. The molecule has 1 aromatic rings. The quantitative estimate of drug-likeness (QED) is 0.732. The Morgan fingerprint density at radius 3 is 2.81 bits per heavy atom. The molecule has 88 valence electrons. The molecule has 0 radical (unpaired) electrons. The van der Waals surface area contributed by atoms with Gasteiger partial charge in [-0.25, -0.2) is 18.5 Å². The Labute approximate surface area is 97.9 Å². The zero-order valence-corrected chi connectivity index (χ0v) is 9.75. The molecule has 0 spiro atoms. The van der Waals surface area contributed by atoms with E-state index in [1.807, 2.05) is 0 Å². The van der Waals surface area contributed by atoms with Gasteiger partial charge >= 0.3 is 0 Å². The van der Waals surface area contributed by atoms with E-state index in [1.54, 1.807) is 0 Å². The average molecular weight is 264 g/mol. The predicted octanol–water partition coefficient (Wildman–Crippen LogP) is -0.247. The largest absolute Gasteiger partial charge is 0.351 e. The summed E-state index contributed by atoms with van der Waals surface area (Å²) in [7, 11) is -3.56. The third kappa shape index (κ3) is 4.56. The van der Waals surface area contributed by atoms with E-state index >= 15 is 0 Å². The number of pyridine rings is 1. The third-order valence-corrected chi connectivity index (χ3v) is 2.64. The van der Waals surface area contributed by atoms with Crippen LogP contribution in [0.15, 0.2) is 18.3 Å². The summed E-state index contributed by atoms with van der Waals surface area (Å²) >= 11 is 5.59. The molecule has 0 aliphatic carbocycles. The lowest BCUT2D eigenvalue weighted by molar-refractivity contribution is 0.0956. The first kappa shape index (κ1) is 12.9. The summed E-state index contributed by atoms with van der Waals surface area (Å²) in [4.78, 5) is 15.2. The highest BCUT2D eigenvalue weighted by Gasteiger charge is 2.07. The number of nitrogens with two attached hydrogens (primary N) is 1. The summed E-state index contributed by atoms with van der Waals surface area (Å²) in [5.74, 6) is -0.731. The molecule has 0 unspecified atom stereocenters. The number of aromatic nitrogens is 1. The van der Waals surface area contributed by atoms with Gasteiger partial charge in [0.15, 0.2) is 0 Å². The number of hydrogen-bond acceptors (Lipinski definition) is 4. The van der Waals surface area contributed by atoms with Crippen molar-refractivity contribution < 1.29 is 13.2 Å². The lowest BCUT2D eigenvalue weighted by Crippen LogP contribution is -2.31. The van der Waals surface area contributed by atoms with Crippen molar-refractivity contribution in [2.75, 3.05) is 12.3 Å². The molecule has 1 rings (SSSR count). The Morgan fingerprint density at radius 2 is 2.25 bits per heavy atom. The minimum atomic E-state index is -3.56. The van der Waals surface area contributed by atoms with Crippen LogP contribution in [0.5, 0.6) is 0 Å². The van der Waals surface area contributed by atoms with Gasteiger partial charge in [0.2, 0.25) is 10.0 Å². The summed E-state index contributed by atoms with van der Waals surface area (Å²) in [5.41, 5.74) is 0.314. The van der Waals surface area contributed by atoms with Crippen molar-refractivity contribution in [2.45, 2.75) is 0 Å². The molecule has 0 atom stereocenters. The molecule has 6 nitrogen and oxygen atoms in total. The number of hydrogen-bond donors (Lipinski definition) is 2. The summed E-state index contributed by atoms with van der Waals surface area (Å²) in [6.07, 6.45) is 1.39. The highest BCUT2D eigenvalue weighted by Crippen LogP contribution is 2.06. The molecule has 3 N–H and O–H groups in total. The van der Waals surface area contributed by atoms with Crippen LogP contribution in [-0.2, 0) is 10.0 Å². The molecule has 0 saturated heterocycles. The third-order valence-electron chi connectivity index (χ3n) is 1.66. The highest BCUT2D eigenvalue weighted by molar-refractivity contribution is 7.89. The van der Waals surface area contributed by atoms with Crippen LogP contribution in [0.4, 0.5) is 0 Å². The number of amides is 1. The Kier molecular flexibility index (Phi) is 4.22. The smallest absolute Gasteiger partial charge is 0.251 e. The minimum absolute atomic E-state index is 0.0440. The van der Waals surface area contributed by atoms with Crippen molar-refractivity contribution >= 4 is 27.5 Å². The van der Waals surface area contributed by atoms with E-state index < -0.39 is 15.9 Å². The molecule has 0 aromatic carbocycles. The molecule has 0 fully saturated rings. The molecule has 0 aliphatic heterocycles. The maximum Gasteiger partial charge on any atom is 0.251 e. The van der Waals surface area contributed by atoms with Crippen molar-refractivity contribution in [1.82, 2.24) is 10.3 Å². The molecule has 0 saturated carbocycles. The molecule has 0 aliphatic rings. The van der Waals surface area contributed by atoms with Gasteiger partial charge in [0.25, 0.3) is 5.91 Å². The zero-order valence-electron chi connectivity index (χ0n) is 8.18. The Bertz CT molecular complexity index is 489. The van der Waals surface area contributed by atoms with E-state index in [2.05, 4.69) is 10.3 Å². The van der Waals surface area contributed by atoms with Gasteiger partial charge in [-0.3, -0.25) is 4.79 Å². The number of carbonyl (C=O) groups is 1. The number of rotatable bonds is 4. The van der Waals surface area contributed by atoms with Gasteiger partial charge in [0.1, 0.15) is 5.15 Å². The van der Waals surface area contributed by atoms with Crippen molar-refractivity contribution in [3.05, 3.63) is 29.0 Å². The summed E-state index contributed by atoms with van der Waals surface area (Å²) in [6, 6.07) is 2.85. The standard InChI is InChI=1S/C8H10ClN3O3S/c9-7-5-6(1-2-11-7)8(13)12-3-4-16(10,14)15/h1-2,5H,3-4H2,(H,12,13)(H2,10,14,15). The second kappa shape index (κ2) is 5.24. The minimum Gasteiger partial charge on any atom is -0.351 e. The number of sulfonamides is 1. The molecule has 1 amide bonds. The fourth-order valence-electron chi connectivity index (χ4n) is 0.953. The second-order valence-electron chi connectivity index (χ2n) is 2.99. The second-order valence-corrected chi connectivity index (χ2v) is 5.11. The van der Waals surface area contributed by atoms with Crippen molar-refractivity contribution in [3.8, 4) is 0 Å². The van der Waals surface area contributed by atoms with E-state index in [0.717, 1.165) is 0 Å². The molecule has 16 heavy (non-hydrogen) atoms. The zero-order chi connectivity index (χ0) is 12.2. The average Bonchev–Trinajstić information content (AvgIpc) is 2.15. The van der Waals surface area contributed by atoms with E-state index in [-0.39, 0.29) is 17.5 Å². The highest BCUT2D eigenvalue weighted by atomic mass is 35.5. The SMILES string of the molecule is NS(=O)(=O)CCNC(=O)c1ccnc(Cl)c1. The van der Waals surface area contributed by atoms with Gasteiger partial charge < -0.3 is 5.32 Å². The molecular formula is C8H10ClN3O3S. The molecule has 8 heteroatoms. The van der Waals surface area contributed by atoms with Crippen LogP contribution in [0.1, 0.15) is 10.4 Å². The molecule has 1 aromatic heterocycles. The normalized spacial score (nSPS) is 11.1. The maximum atomic E-state index is 11.4. The fourth-order valence-corrected chi connectivity index (χ4v) is 1.51. The molecule has 0 bridgehead atoms. The monoisotopic (exact) mass is 263 g/mol. The number of carbonyl (C=O) groups excluding carboxylic acids is 1. The van der Waals surface area contributed by atoms with Crippen LogP contribution < -0.4 is 10.5 Å². The lowest BCUT2D eigenvalue weighted by atomic mass is 10.2. The topological polar surface area (TPSA) is 102 Å². The molecule has 1 heterocycles. The number of nitrogens with one attached hydrogen (secondary N) is 1. The molecular weight excluding hydrogens is 254 g/mol. The predicted molar refractivity (Wildman–Crippen MR) is 59.6 cm³/mol. The first-order valence-corrected chi connectivity index (χ1v) is 6.38. The van der Waals surface area contributed by atoms with E-state index in [9.17, 15) is 13.2 Å². The van der Waals surface area contributed by atoms with Crippen molar-refractivity contribution in [3.63, 3.8) is 0 Å². The van der Waals surface area contributed by atoms with Crippen LogP contribution in [0, 0.1) is 0 Å². The Hall–Kier alpha value is -1.18. The van der Waals surface area contributed by atoms with Crippen molar-refractivity contribution in [2.24, 2.45) is 5.14 Å². The summed E-state index contributed by atoms with van der Waals surface area (Å²) < 4.78 is 21.2. The maximum absolute atomic E-state index is 11.4. The van der Waals surface area contributed by atoms with Gasteiger partial charge in [0, 0.05) is 18.3 Å². The van der Waals surface area contributed by atoms with Crippen LogP contribution in [0.25, 0.3) is 0 Å². The first-order valence-electron chi connectivity index (χ1n) is 4.29. The van der Waals surface area contributed by atoms with Gasteiger partial charge in [0.05, 0.1) is 5.75 Å². The van der Waals surface area contributed by atoms with Crippen LogP contribution in [-0.4, -0.2) is 31.6 Å². The van der Waals surface area contributed by atoms with Crippen LogP contribution in [0.3, 0.4) is 0 Å². The van der Waals surface area contributed by atoms with Gasteiger partial charge in [-0.05, 0) is 12.1 Å². The Balaban J connectivity index is 2.54. The van der Waals surface area contributed by atoms with E-state index in [1.165, 1.54) is 18.3 Å². The summed E-state index contributed by atoms with van der Waals surface area (Å²) in [5, 5.41) is 7.37. The number of nitrogens with zero attached hydrogens (tertiary/aromatic N) is 1. The first-order chi connectivity index (χ1) is 7.38. The summed E-state index contributed by atoms with van der Waals surface area (Å²) in [6.45, 7) is -0.0440. The van der Waals surface area contributed by atoms with Gasteiger partial charge in [-0.15, -0.1) is 0 Å². The van der Waals surface area contributed by atoms with Crippen LogP contribution in [0.2, 0.25) is 5.15 Å². The fraction of sp³-hybridized carbons (Fsp3) is 0.250.